The van der Waals surface area contributed by atoms with Crippen molar-refractivity contribution in [1.82, 2.24) is 15.2 Å². The molecular weight excluding hydrogens is 534 g/mol. The average Bonchev–Trinajstić information content (AvgIpc) is 3.49. The van der Waals surface area contributed by atoms with Gasteiger partial charge in [0.2, 0.25) is 11.8 Å². The Balaban J connectivity index is 1.40. The zero-order valence-electron chi connectivity index (χ0n) is 22.9. The molecule has 4 unspecified atom stereocenters. The summed E-state index contributed by atoms with van der Waals surface area (Å²) in [6.07, 6.45) is 2.00. The highest BCUT2D eigenvalue weighted by atomic mass is 16.5. The summed E-state index contributed by atoms with van der Waals surface area (Å²) in [7, 11) is 1.29. The van der Waals surface area contributed by atoms with Crippen LogP contribution in [0.15, 0.2) is 91.1 Å². The topological polar surface area (TPSA) is 126 Å². The van der Waals surface area contributed by atoms with E-state index in [-0.39, 0.29) is 13.0 Å². The Hall–Kier alpha value is -4.89. The van der Waals surface area contributed by atoms with E-state index in [1.807, 2.05) is 54.6 Å². The number of benzene rings is 3. The zero-order chi connectivity index (χ0) is 29.4. The summed E-state index contributed by atoms with van der Waals surface area (Å²) in [4.78, 5) is 58.7. The van der Waals surface area contributed by atoms with Crippen LogP contribution >= 0.6 is 0 Å². The molecule has 212 valence electrons. The van der Waals surface area contributed by atoms with Gasteiger partial charge in [0, 0.05) is 37.3 Å². The molecule has 9 nitrogen and oxygen atoms in total. The molecule has 3 aromatic carbocycles. The predicted octanol–water partition coefficient (Wildman–Crippen LogP) is 3.58. The molecule has 1 aromatic heterocycles. The van der Waals surface area contributed by atoms with E-state index in [0.29, 0.717) is 17.5 Å². The fourth-order valence-corrected chi connectivity index (χ4v) is 6.39. The predicted molar refractivity (Wildman–Crippen MR) is 153 cm³/mol. The van der Waals surface area contributed by atoms with Gasteiger partial charge in [0.05, 0.1) is 24.5 Å². The maximum absolute atomic E-state index is 14.0. The number of methoxy groups -OCH3 is 1. The normalized spacial score (nSPS) is 23.3. The van der Waals surface area contributed by atoms with Gasteiger partial charge in [-0.25, -0.2) is 4.79 Å². The van der Waals surface area contributed by atoms with Crippen LogP contribution in [-0.4, -0.2) is 57.9 Å². The summed E-state index contributed by atoms with van der Waals surface area (Å²) in [6, 6.07) is 24.6. The lowest BCUT2D eigenvalue weighted by molar-refractivity contribution is -0.151. The lowest BCUT2D eigenvalue weighted by atomic mass is 9.76. The standard InChI is InChI=1S/C33H29N3O6/c1-42-31(39)23-13-11-22(12-14-23)28-26-27(30(38)36(29(26)37)17-15-25-8-4-5-16-34-25)33(35-28,32(40)41)19-20-9-10-21-6-2-3-7-24(21)18-20/h2-14,16,18,26-28,35H,15,17,19H2,1H3,(H,40,41). The molecule has 2 aliphatic heterocycles. The van der Waals surface area contributed by atoms with Gasteiger partial charge in [-0.15, -0.1) is 0 Å². The number of carbonyl (C=O) groups is 4. The number of fused-ring (bicyclic) bond motifs is 2. The number of aliphatic carboxylic acids is 1. The minimum atomic E-state index is -1.74. The van der Waals surface area contributed by atoms with E-state index in [2.05, 4.69) is 10.3 Å². The van der Waals surface area contributed by atoms with Gasteiger partial charge in [-0.05, 0) is 46.2 Å². The van der Waals surface area contributed by atoms with E-state index in [0.717, 1.165) is 22.0 Å². The lowest BCUT2D eigenvalue weighted by Crippen LogP contribution is -2.57. The fourth-order valence-electron chi connectivity index (χ4n) is 6.39. The van der Waals surface area contributed by atoms with Crippen molar-refractivity contribution in [3.63, 3.8) is 0 Å². The van der Waals surface area contributed by atoms with Crippen molar-refractivity contribution in [2.45, 2.75) is 24.4 Å². The SMILES string of the molecule is COC(=O)c1ccc(C2NC(Cc3ccc4ccccc4c3)(C(=O)O)C3C(=O)N(CCc4ccccn4)C(=O)C23)cc1. The minimum absolute atomic E-state index is 0.00181. The van der Waals surface area contributed by atoms with E-state index >= 15 is 0 Å². The lowest BCUT2D eigenvalue weighted by Gasteiger charge is -2.31. The van der Waals surface area contributed by atoms with Crippen LogP contribution in [0.1, 0.15) is 33.2 Å². The Morgan fingerprint density at radius 1 is 0.952 bits per heavy atom. The summed E-state index contributed by atoms with van der Waals surface area (Å²) in [6.45, 7) is 0.0986. The molecule has 6 rings (SSSR count). The molecule has 0 radical (unpaired) electrons. The highest BCUT2D eigenvalue weighted by Gasteiger charge is 2.68. The van der Waals surface area contributed by atoms with Gasteiger partial charge in [0.1, 0.15) is 5.54 Å². The van der Waals surface area contributed by atoms with Crippen LogP contribution in [0.2, 0.25) is 0 Å². The van der Waals surface area contributed by atoms with E-state index < -0.39 is 47.2 Å². The van der Waals surface area contributed by atoms with Crippen molar-refractivity contribution in [2.24, 2.45) is 11.8 Å². The molecule has 2 aliphatic rings. The van der Waals surface area contributed by atoms with Gasteiger partial charge in [-0.2, -0.15) is 0 Å². The molecular formula is C33H29N3O6. The molecule has 0 saturated carbocycles. The summed E-state index contributed by atoms with van der Waals surface area (Å²) >= 11 is 0. The molecule has 4 aromatic rings. The Bertz CT molecular complexity index is 1690. The third-order valence-electron chi connectivity index (χ3n) is 8.43. The number of hydrogen-bond acceptors (Lipinski definition) is 7. The van der Waals surface area contributed by atoms with Crippen LogP contribution in [0.25, 0.3) is 10.8 Å². The monoisotopic (exact) mass is 563 g/mol. The Kier molecular flexibility index (Phi) is 7.04. The molecule has 2 fully saturated rings. The molecule has 42 heavy (non-hydrogen) atoms. The van der Waals surface area contributed by atoms with Gasteiger partial charge < -0.3 is 9.84 Å². The van der Waals surface area contributed by atoms with Crippen LogP contribution in [0.4, 0.5) is 0 Å². The van der Waals surface area contributed by atoms with Gasteiger partial charge in [0.25, 0.3) is 0 Å². The van der Waals surface area contributed by atoms with Crippen molar-refractivity contribution in [1.29, 1.82) is 0 Å². The maximum Gasteiger partial charge on any atom is 0.337 e. The fraction of sp³-hybridized carbons (Fsp3) is 0.242. The number of carboxylic acid groups (broad SMARTS) is 1. The molecule has 4 atom stereocenters. The number of aromatic nitrogens is 1. The molecule has 3 heterocycles. The van der Waals surface area contributed by atoms with Crippen LogP contribution < -0.4 is 5.32 Å². The number of amides is 2. The van der Waals surface area contributed by atoms with Crippen molar-refractivity contribution >= 4 is 34.5 Å². The molecule has 0 aliphatic carbocycles. The zero-order valence-corrected chi connectivity index (χ0v) is 22.9. The Morgan fingerprint density at radius 2 is 1.69 bits per heavy atom. The van der Waals surface area contributed by atoms with E-state index in [1.165, 1.54) is 12.0 Å². The molecule has 2 saturated heterocycles. The number of nitrogens with zero attached hydrogens (tertiary/aromatic N) is 2. The average molecular weight is 564 g/mol. The number of carbonyl (C=O) groups excluding carboxylic acids is 3. The third kappa shape index (κ3) is 4.61. The number of nitrogens with one attached hydrogen (secondary N) is 1. The molecule has 0 spiro atoms. The van der Waals surface area contributed by atoms with Crippen molar-refractivity contribution in [2.75, 3.05) is 13.7 Å². The van der Waals surface area contributed by atoms with Crippen molar-refractivity contribution in [3.05, 3.63) is 114 Å². The number of rotatable bonds is 8. The second-order valence-electron chi connectivity index (χ2n) is 10.8. The number of ether oxygens (including phenoxy) is 1. The Labute approximate surface area is 242 Å². The second-order valence-corrected chi connectivity index (χ2v) is 10.8. The van der Waals surface area contributed by atoms with E-state index in [4.69, 9.17) is 4.74 Å². The number of imide groups is 1. The molecule has 2 amide bonds. The molecule has 0 bridgehead atoms. The molecule has 9 heteroatoms. The van der Waals surface area contributed by atoms with Crippen molar-refractivity contribution in [3.8, 4) is 0 Å². The summed E-state index contributed by atoms with van der Waals surface area (Å²) in [5, 5.41) is 16.0. The maximum atomic E-state index is 14.0. The first-order valence-corrected chi connectivity index (χ1v) is 13.7. The number of carboxylic acids is 1. The first-order valence-electron chi connectivity index (χ1n) is 13.7. The van der Waals surface area contributed by atoms with Gasteiger partial charge >= 0.3 is 11.9 Å². The first kappa shape index (κ1) is 27.3. The van der Waals surface area contributed by atoms with Gasteiger partial charge in [-0.1, -0.05) is 60.7 Å². The van der Waals surface area contributed by atoms with Gasteiger partial charge in [0.15, 0.2) is 0 Å². The quantitative estimate of drug-likeness (QED) is 0.246. The molecule has 2 N–H and O–H groups in total. The van der Waals surface area contributed by atoms with E-state index in [9.17, 15) is 24.3 Å². The Morgan fingerprint density at radius 3 is 2.38 bits per heavy atom. The number of pyridine rings is 1. The second kappa shape index (κ2) is 10.8. The highest BCUT2D eigenvalue weighted by molar-refractivity contribution is 6.09. The summed E-state index contributed by atoms with van der Waals surface area (Å²) < 4.78 is 4.80. The largest absolute Gasteiger partial charge is 0.480 e. The smallest absolute Gasteiger partial charge is 0.337 e. The highest BCUT2D eigenvalue weighted by Crippen LogP contribution is 2.50. The summed E-state index contributed by atoms with van der Waals surface area (Å²) in [5.41, 5.74) is 0.639. The number of esters is 1. The van der Waals surface area contributed by atoms with E-state index in [1.54, 1.807) is 36.5 Å². The van der Waals surface area contributed by atoms with Crippen molar-refractivity contribution < 1.29 is 29.0 Å². The van der Waals surface area contributed by atoms with Crippen LogP contribution in [0, 0.1) is 11.8 Å². The van der Waals surface area contributed by atoms with Crippen LogP contribution in [0.5, 0.6) is 0 Å². The summed E-state index contributed by atoms with van der Waals surface area (Å²) in [5.74, 6) is -4.72. The number of likely N-dealkylation sites (tertiary alicyclic amines) is 1. The first-order chi connectivity index (χ1) is 20.3. The third-order valence-corrected chi connectivity index (χ3v) is 8.43. The number of hydrogen-bond donors (Lipinski definition) is 2. The van der Waals surface area contributed by atoms with Crippen LogP contribution in [-0.2, 0) is 32.0 Å². The van der Waals surface area contributed by atoms with Crippen LogP contribution in [0.3, 0.4) is 0 Å². The minimum Gasteiger partial charge on any atom is -0.480 e. The van der Waals surface area contributed by atoms with Gasteiger partial charge in [-0.3, -0.25) is 29.6 Å².